The van der Waals surface area contributed by atoms with Gasteiger partial charge in [-0.05, 0) is 64.3 Å². The van der Waals surface area contributed by atoms with Crippen LogP contribution in [-0.2, 0) is 24.3 Å². The predicted molar refractivity (Wildman–Crippen MR) is 108 cm³/mol. The van der Waals surface area contributed by atoms with Gasteiger partial charge in [-0.1, -0.05) is 0 Å². The Balaban J connectivity index is 1.98. The number of esters is 1. The highest BCUT2D eigenvalue weighted by Gasteiger charge is 2.31. The molecule has 1 heterocycles. The van der Waals surface area contributed by atoms with Crippen LogP contribution in [0.2, 0.25) is 0 Å². The Bertz CT molecular complexity index is 831. The standard InChI is InChI=1S/C20H30N2O6S/c1-5-27-18-8-7-17(13-14(18)3)29(25,26)21-15(4)19(23)22-11-9-16(10-12-22)20(24)28-6-2/h7-8,13,15-16,21H,5-6,9-12H2,1-4H3/t15-/m0/s1. The van der Waals surface area contributed by atoms with Crippen LogP contribution in [0.1, 0.15) is 39.2 Å². The Morgan fingerprint density at radius 1 is 1.21 bits per heavy atom. The fourth-order valence-electron chi connectivity index (χ4n) is 3.33. The van der Waals surface area contributed by atoms with E-state index in [9.17, 15) is 18.0 Å². The first kappa shape index (κ1) is 23.2. The average Bonchev–Trinajstić information content (AvgIpc) is 2.69. The maximum atomic E-state index is 12.7. The van der Waals surface area contributed by atoms with Gasteiger partial charge in [-0.3, -0.25) is 9.59 Å². The van der Waals surface area contributed by atoms with Crippen LogP contribution in [0.3, 0.4) is 0 Å². The number of amides is 1. The number of likely N-dealkylation sites (tertiary alicyclic amines) is 1. The Kier molecular flexibility index (Phi) is 8.04. The van der Waals surface area contributed by atoms with Crippen molar-refractivity contribution in [2.75, 3.05) is 26.3 Å². The van der Waals surface area contributed by atoms with Crippen molar-refractivity contribution >= 4 is 21.9 Å². The minimum Gasteiger partial charge on any atom is -0.494 e. The van der Waals surface area contributed by atoms with Crippen LogP contribution in [0.5, 0.6) is 5.75 Å². The minimum atomic E-state index is -3.86. The molecule has 0 unspecified atom stereocenters. The Hall–Kier alpha value is -2.13. The molecular formula is C20H30N2O6S. The van der Waals surface area contributed by atoms with Crippen LogP contribution in [0.15, 0.2) is 23.1 Å². The quantitative estimate of drug-likeness (QED) is 0.637. The summed E-state index contributed by atoms with van der Waals surface area (Å²) < 4.78 is 38.3. The molecule has 162 valence electrons. The number of piperidine rings is 1. The van der Waals surface area contributed by atoms with Crippen molar-refractivity contribution in [1.29, 1.82) is 0 Å². The van der Waals surface area contributed by atoms with Crippen LogP contribution in [0.4, 0.5) is 0 Å². The van der Waals surface area contributed by atoms with E-state index in [4.69, 9.17) is 9.47 Å². The highest BCUT2D eigenvalue weighted by Crippen LogP contribution is 2.23. The van der Waals surface area contributed by atoms with Crippen LogP contribution in [0, 0.1) is 12.8 Å². The van der Waals surface area contributed by atoms with E-state index < -0.39 is 16.1 Å². The Morgan fingerprint density at radius 3 is 2.41 bits per heavy atom. The van der Waals surface area contributed by atoms with Crippen molar-refractivity contribution in [1.82, 2.24) is 9.62 Å². The summed E-state index contributed by atoms with van der Waals surface area (Å²) in [6, 6.07) is 3.68. The van der Waals surface area contributed by atoms with E-state index in [1.807, 2.05) is 6.92 Å². The smallest absolute Gasteiger partial charge is 0.309 e. The summed E-state index contributed by atoms with van der Waals surface area (Å²) in [5, 5.41) is 0. The number of aryl methyl sites for hydroxylation is 1. The molecule has 9 heteroatoms. The molecule has 29 heavy (non-hydrogen) atoms. The van der Waals surface area contributed by atoms with Gasteiger partial charge in [0.1, 0.15) is 5.75 Å². The van der Waals surface area contributed by atoms with E-state index in [1.165, 1.54) is 19.1 Å². The molecule has 1 saturated heterocycles. The van der Waals surface area contributed by atoms with Gasteiger partial charge in [0.05, 0.1) is 30.1 Å². The lowest BCUT2D eigenvalue weighted by Crippen LogP contribution is -2.49. The molecule has 0 bridgehead atoms. The Labute approximate surface area is 172 Å². The molecule has 2 rings (SSSR count). The largest absolute Gasteiger partial charge is 0.494 e. The molecule has 0 aromatic heterocycles. The lowest BCUT2D eigenvalue weighted by molar-refractivity contribution is -0.151. The molecule has 1 amide bonds. The second-order valence-electron chi connectivity index (χ2n) is 7.05. The zero-order valence-corrected chi connectivity index (χ0v) is 18.3. The number of nitrogens with one attached hydrogen (secondary N) is 1. The zero-order valence-electron chi connectivity index (χ0n) is 17.4. The third kappa shape index (κ3) is 5.93. The normalized spacial score (nSPS) is 16.3. The first-order chi connectivity index (χ1) is 13.7. The average molecular weight is 427 g/mol. The fourth-order valence-corrected chi connectivity index (χ4v) is 4.61. The summed E-state index contributed by atoms with van der Waals surface area (Å²) >= 11 is 0. The van der Waals surface area contributed by atoms with Crippen LogP contribution >= 0.6 is 0 Å². The van der Waals surface area contributed by atoms with Gasteiger partial charge in [-0.15, -0.1) is 0 Å². The molecule has 1 aliphatic rings. The number of rotatable bonds is 8. The number of hydrogen-bond donors (Lipinski definition) is 1. The number of carbonyl (C=O) groups excluding carboxylic acids is 2. The highest BCUT2D eigenvalue weighted by molar-refractivity contribution is 7.89. The summed E-state index contributed by atoms with van der Waals surface area (Å²) in [6.07, 6.45) is 1.03. The first-order valence-electron chi connectivity index (χ1n) is 9.90. The second-order valence-corrected chi connectivity index (χ2v) is 8.77. The van der Waals surface area contributed by atoms with Crippen LogP contribution in [0.25, 0.3) is 0 Å². The predicted octanol–water partition coefficient (Wildman–Crippen LogP) is 1.86. The fraction of sp³-hybridized carbons (Fsp3) is 0.600. The van der Waals surface area contributed by atoms with Gasteiger partial charge in [0.25, 0.3) is 0 Å². The van der Waals surface area contributed by atoms with E-state index in [1.54, 1.807) is 24.8 Å². The molecule has 1 aliphatic heterocycles. The van der Waals surface area contributed by atoms with Gasteiger partial charge in [-0.25, -0.2) is 8.42 Å². The van der Waals surface area contributed by atoms with E-state index in [0.717, 1.165) is 0 Å². The van der Waals surface area contributed by atoms with Crippen LogP contribution in [-0.4, -0.2) is 57.5 Å². The van der Waals surface area contributed by atoms with Crippen molar-refractivity contribution in [3.05, 3.63) is 23.8 Å². The summed E-state index contributed by atoms with van der Waals surface area (Å²) in [4.78, 5) is 26.2. The number of sulfonamides is 1. The van der Waals surface area contributed by atoms with Gasteiger partial charge in [0.15, 0.2) is 0 Å². The molecule has 0 saturated carbocycles. The summed E-state index contributed by atoms with van der Waals surface area (Å²) in [5.74, 6) is -0.129. The number of benzene rings is 1. The molecule has 8 nitrogen and oxygen atoms in total. The van der Waals surface area contributed by atoms with Crippen molar-refractivity contribution in [2.45, 2.75) is 51.5 Å². The topological polar surface area (TPSA) is 102 Å². The molecule has 0 spiro atoms. The molecular weight excluding hydrogens is 396 g/mol. The van der Waals surface area contributed by atoms with E-state index in [-0.39, 0.29) is 22.7 Å². The minimum absolute atomic E-state index is 0.0825. The van der Waals surface area contributed by atoms with Gasteiger partial charge in [0.2, 0.25) is 15.9 Å². The number of nitrogens with zero attached hydrogens (tertiary/aromatic N) is 1. The lowest BCUT2D eigenvalue weighted by Gasteiger charge is -2.32. The van der Waals surface area contributed by atoms with Gasteiger partial charge >= 0.3 is 5.97 Å². The Morgan fingerprint density at radius 2 is 1.86 bits per heavy atom. The molecule has 1 atom stereocenters. The summed E-state index contributed by atoms with van der Waals surface area (Å²) in [7, 11) is -3.86. The summed E-state index contributed by atoms with van der Waals surface area (Å²) in [5.41, 5.74) is 0.703. The van der Waals surface area contributed by atoms with Gasteiger partial charge in [-0.2, -0.15) is 4.72 Å². The zero-order chi connectivity index (χ0) is 21.6. The van der Waals surface area contributed by atoms with Crippen molar-refractivity contribution in [3.8, 4) is 5.75 Å². The van der Waals surface area contributed by atoms with Gasteiger partial charge < -0.3 is 14.4 Å². The second kappa shape index (κ2) is 10.1. The third-order valence-corrected chi connectivity index (χ3v) is 6.42. The van der Waals surface area contributed by atoms with E-state index in [2.05, 4.69) is 4.72 Å². The molecule has 1 N–H and O–H groups in total. The van der Waals surface area contributed by atoms with Gasteiger partial charge in [0, 0.05) is 13.1 Å². The molecule has 1 aromatic rings. The summed E-state index contributed by atoms with van der Waals surface area (Å²) in [6.45, 7) is 8.54. The number of ether oxygens (including phenoxy) is 2. The van der Waals surface area contributed by atoms with E-state index in [0.29, 0.717) is 50.5 Å². The van der Waals surface area contributed by atoms with Crippen molar-refractivity contribution in [2.24, 2.45) is 5.92 Å². The molecule has 0 radical (unpaired) electrons. The monoisotopic (exact) mass is 426 g/mol. The maximum absolute atomic E-state index is 12.7. The lowest BCUT2D eigenvalue weighted by atomic mass is 9.96. The van der Waals surface area contributed by atoms with E-state index >= 15 is 0 Å². The third-order valence-electron chi connectivity index (χ3n) is 4.89. The number of carbonyl (C=O) groups is 2. The number of hydrogen-bond acceptors (Lipinski definition) is 6. The van der Waals surface area contributed by atoms with Crippen molar-refractivity contribution < 1.29 is 27.5 Å². The molecule has 1 aromatic carbocycles. The highest BCUT2D eigenvalue weighted by atomic mass is 32.2. The first-order valence-corrected chi connectivity index (χ1v) is 11.4. The molecule has 0 aliphatic carbocycles. The maximum Gasteiger partial charge on any atom is 0.309 e. The van der Waals surface area contributed by atoms with Crippen LogP contribution < -0.4 is 9.46 Å². The molecule has 1 fully saturated rings. The SMILES string of the molecule is CCOC(=O)C1CCN(C(=O)[C@H](C)NS(=O)(=O)c2ccc(OCC)c(C)c2)CC1. The van der Waals surface area contributed by atoms with Crippen molar-refractivity contribution in [3.63, 3.8) is 0 Å².